The number of carbonyl (C=O) groups is 1. The minimum Gasteiger partial charge on any atom is -0.481 e. The molecule has 0 aliphatic heterocycles. The molecule has 3 aliphatic carbocycles. The van der Waals surface area contributed by atoms with Crippen molar-refractivity contribution in [1.29, 1.82) is 0 Å². The summed E-state index contributed by atoms with van der Waals surface area (Å²) in [5.74, 6) is 6.51. The van der Waals surface area contributed by atoms with Crippen LogP contribution in [0.15, 0.2) is 140 Å². The Bertz CT molecular complexity index is 2450. The Balaban J connectivity index is 1.29. The van der Waals surface area contributed by atoms with Crippen LogP contribution in [0.3, 0.4) is 0 Å². The van der Waals surface area contributed by atoms with Gasteiger partial charge >= 0.3 is 5.97 Å². The molecule has 4 aromatic carbocycles. The van der Waals surface area contributed by atoms with Gasteiger partial charge in [-0.15, -0.1) is 0 Å². The number of carboxylic acid groups (broad SMARTS) is 1. The minimum absolute atomic E-state index is 0.135. The van der Waals surface area contributed by atoms with Crippen LogP contribution in [-0.2, 0) is 10.3 Å². The molecule has 3 fully saturated rings. The van der Waals surface area contributed by atoms with Gasteiger partial charge in [0.2, 0.25) is 0 Å². The maximum Gasteiger partial charge on any atom is 0.308 e. The molecule has 3 aliphatic rings. The summed E-state index contributed by atoms with van der Waals surface area (Å²) in [4.78, 5) is 32.6. The smallest absolute Gasteiger partial charge is 0.308 e. The molecule has 8 nitrogen and oxygen atoms in total. The maximum atomic E-state index is 12.7. The number of rotatable bonds is 8. The minimum atomic E-state index is -0.898. The van der Waals surface area contributed by atoms with E-state index in [1.54, 1.807) is 6.20 Å². The zero-order chi connectivity index (χ0) is 37.4. The second kappa shape index (κ2) is 14.5. The average Bonchev–Trinajstić information content (AvgIpc) is 3.61. The van der Waals surface area contributed by atoms with Gasteiger partial charge in [-0.05, 0) is 72.3 Å². The second-order valence-corrected chi connectivity index (χ2v) is 14.8. The van der Waals surface area contributed by atoms with Gasteiger partial charge in [-0.2, -0.15) is 0 Å². The van der Waals surface area contributed by atoms with Crippen molar-refractivity contribution in [3.05, 3.63) is 173 Å². The second-order valence-electron chi connectivity index (χ2n) is 14.4. The van der Waals surface area contributed by atoms with E-state index in [1.165, 1.54) is 0 Å². The Morgan fingerprint density at radius 1 is 0.745 bits per heavy atom. The molecule has 0 saturated heterocycles. The Hall–Kier alpha value is -6.30. The number of aliphatic carboxylic acids is 1. The van der Waals surface area contributed by atoms with Crippen LogP contribution in [0.5, 0.6) is 0 Å². The van der Waals surface area contributed by atoms with E-state index >= 15 is 0 Å². The largest absolute Gasteiger partial charge is 0.481 e. The molecular formula is C46H37ClN6O2. The van der Waals surface area contributed by atoms with Gasteiger partial charge in [0, 0.05) is 23.9 Å². The van der Waals surface area contributed by atoms with Gasteiger partial charge in [-0.25, -0.2) is 19.9 Å². The third-order valence-electron chi connectivity index (χ3n) is 11.3. The fourth-order valence-corrected chi connectivity index (χ4v) is 9.02. The van der Waals surface area contributed by atoms with E-state index in [-0.39, 0.29) is 23.0 Å². The lowest BCUT2D eigenvalue weighted by Gasteiger charge is -2.47. The molecule has 2 atom stereocenters. The zero-order valence-corrected chi connectivity index (χ0v) is 30.6. The normalized spacial score (nSPS) is 19.1. The van der Waals surface area contributed by atoms with Crippen LogP contribution in [0.4, 0.5) is 5.82 Å². The van der Waals surface area contributed by atoms with Crippen molar-refractivity contribution < 1.29 is 9.90 Å². The number of benzene rings is 4. The molecule has 2 unspecified atom stereocenters. The number of nitrogens with one attached hydrogen (secondary N) is 1. The van der Waals surface area contributed by atoms with Crippen molar-refractivity contribution in [3.8, 4) is 23.2 Å². The molecule has 270 valence electrons. The Morgan fingerprint density at radius 3 is 1.89 bits per heavy atom. The predicted octanol–water partition coefficient (Wildman–Crippen LogP) is 9.08. The lowest BCUT2D eigenvalue weighted by Crippen LogP contribution is -2.51. The number of anilines is 1. The number of nitrogens with zero attached hydrogens (tertiary/aromatic N) is 5. The number of fused-ring (bicyclic) bond motifs is 4. The van der Waals surface area contributed by atoms with Crippen molar-refractivity contribution in [2.24, 2.45) is 17.8 Å². The summed E-state index contributed by atoms with van der Waals surface area (Å²) in [6.45, 7) is 0. The summed E-state index contributed by atoms with van der Waals surface area (Å²) >= 11 is 6.63. The van der Waals surface area contributed by atoms with Crippen LogP contribution in [0.1, 0.15) is 53.6 Å². The highest BCUT2D eigenvalue weighted by atomic mass is 35.5. The van der Waals surface area contributed by atoms with Gasteiger partial charge in [0.1, 0.15) is 27.7 Å². The van der Waals surface area contributed by atoms with Gasteiger partial charge < -0.3 is 15.0 Å². The van der Waals surface area contributed by atoms with E-state index in [4.69, 9.17) is 31.5 Å². The van der Waals surface area contributed by atoms with Crippen LogP contribution < -0.4 is 5.32 Å². The average molecular weight is 741 g/mol. The fourth-order valence-electron chi connectivity index (χ4n) is 8.89. The summed E-state index contributed by atoms with van der Waals surface area (Å²) in [6.07, 6.45) is 7.45. The SMILES string of the molecule is O=C(O)C1C2CCC(CC2)C1Nc1cc(C#Cc2ccccc2)nc(-c2cn(C(c3ccccc3)(c3ccccc3)c3ccccc3)c3ncc(Cl)nc23)n1. The summed E-state index contributed by atoms with van der Waals surface area (Å²) in [7, 11) is 0. The van der Waals surface area contributed by atoms with E-state index in [9.17, 15) is 9.90 Å². The summed E-state index contributed by atoms with van der Waals surface area (Å²) in [5, 5.41) is 14.2. The number of halogens is 1. The molecule has 2 bridgehead atoms. The lowest BCUT2D eigenvalue weighted by molar-refractivity contribution is -0.148. The van der Waals surface area contributed by atoms with Crippen molar-refractivity contribution in [2.45, 2.75) is 37.3 Å². The highest BCUT2D eigenvalue weighted by Gasteiger charge is 2.47. The third-order valence-corrected chi connectivity index (χ3v) is 11.5. The predicted molar refractivity (Wildman–Crippen MR) is 215 cm³/mol. The van der Waals surface area contributed by atoms with Crippen molar-refractivity contribution >= 4 is 34.6 Å². The molecule has 10 rings (SSSR count). The van der Waals surface area contributed by atoms with Gasteiger partial charge in [0.25, 0.3) is 0 Å². The molecule has 3 saturated carbocycles. The van der Waals surface area contributed by atoms with Crippen LogP contribution in [0.25, 0.3) is 22.6 Å². The van der Waals surface area contributed by atoms with E-state index in [0.717, 1.165) is 47.9 Å². The van der Waals surface area contributed by atoms with Gasteiger partial charge in [-0.1, -0.05) is 127 Å². The van der Waals surface area contributed by atoms with Crippen LogP contribution in [-0.4, -0.2) is 41.6 Å². The van der Waals surface area contributed by atoms with Crippen molar-refractivity contribution in [2.75, 3.05) is 5.32 Å². The molecule has 2 N–H and O–H groups in total. The first-order valence-corrected chi connectivity index (χ1v) is 19.0. The summed E-state index contributed by atoms with van der Waals surface area (Å²) in [6, 6.07) is 42.4. The molecule has 3 aromatic heterocycles. The quantitative estimate of drug-likeness (QED) is 0.118. The number of hydrogen-bond donors (Lipinski definition) is 2. The Morgan fingerprint density at radius 2 is 1.31 bits per heavy atom. The third kappa shape index (κ3) is 6.30. The number of hydrogen-bond acceptors (Lipinski definition) is 6. The summed E-state index contributed by atoms with van der Waals surface area (Å²) < 4.78 is 2.15. The van der Waals surface area contributed by atoms with Crippen LogP contribution in [0.2, 0.25) is 5.15 Å². The topological polar surface area (TPSA) is 106 Å². The van der Waals surface area contributed by atoms with Crippen LogP contribution >= 0.6 is 11.6 Å². The standard InChI is InChI=1S/C46H37ClN6O2/c47-38-28-48-44-42(50-38)37(29-53(44)46(33-15-7-2-8-16-33,34-17-9-3-10-18-34)35-19-11-4-12-20-35)43-49-36(26-21-30-13-5-1-6-14-30)27-39(52-43)51-41-32-24-22-31(23-25-32)40(41)45(54)55/h1-20,27-29,31-32,40-41H,22-25H2,(H,54,55)(H,49,51,52). The van der Waals surface area contributed by atoms with E-state index in [0.29, 0.717) is 34.1 Å². The number of aromatic nitrogens is 5. The molecule has 3 heterocycles. The van der Waals surface area contributed by atoms with E-state index in [1.807, 2.05) is 97.2 Å². The van der Waals surface area contributed by atoms with Gasteiger partial charge in [0.05, 0.1) is 17.7 Å². The van der Waals surface area contributed by atoms with Crippen molar-refractivity contribution in [1.82, 2.24) is 24.5 Å². The summed E-state index contributed by atoms with van der Waals surface area (Å²) in [5.41, 5.74) is 5.22. The Labute approximate surface area is 324 Å². The van der Waals surface area contributed by atoms with Gasteiger partial charge in [-0.3, -0.25) is 4.79 Å². The first-order valence-electron chi connectivity index (χ1n) is 18.7. The molecule has 0 amide bonds. The molecule has 9 heteroatoms. The monoisotopic (exact) mass is 740 g/mol. The first-order chi connectivity index (χ1) is 27.0. The molecule has 0 radical (unpaired) electrons. The van der Waals surface area contributed by atoms with E-state index < -0.39 is 17.4 Å². The molecular weight excluding hydrogens is 704 g/mol. The first kappa shape index (κ1) is 34.5. The van der Waals surface area contributed by atoms with Gasteiger partial charge in [0.15, 0.2) is 11.5 Å². The zero-order valence-electron chi connectivity index (χ0n) is 29.9. The number of carboxylic acids is 1. The molecule has 55 heavy (non-hydrogen) atoms. The fraction of sp³-hybridized carbons (Fsp3) is 0.196. The highest BCUT2D eigenvalue weighted by molar-refractivity contribution is 6.29. The molecule has 7 aromatic rings. The van der Waals surface area contributed by atoms with Crippen LogP contribution in [0, 0.1) is 29.6 Å². The van der Waals surface area contributed by atoms with E-state index in [2.05, 4.69) is 58.1 Å². The molecule has 0 spiro atoms. The highest BCUT2D eigenvalue weighted by Crippen LogP contribution is 2.47. The van der Waals surface area contributed by atoms with Crippen molar-refractivity contribution in [3.63, 3.8) is 0 Å². The maximum absolute atomic E-state index is 12.7. The Kier molecular flexibility index (Phi) is 9.09. The lowest BCUT2D eigenvalue weighted by atomic mass is 9.61.